The van der Waals surface area contributed by atoms with E-state index in [0.717, 1.165) is 16.8 Å². The fourth-order valence-corrected chi connectivity index (χ4v) is 3.23. The first-order valence-corrected chi connectivity index (χ1v) is 9.31. The van der Waals surface area contributed by atoms with Crippen molar-refractivity contribution < 1.29 is 9.18 Å². The Labute approximate surface area is 165 Å². The Morgan fingerprint density at radius 1 is 1.00 bits per heavy atom. The van der Waals surface area contributed by atoms with Crippen LogP contribution in [0.4, 0.5) is 4.39 Å². The van der Waals surface area contributed by atoms with Crippen LogP contribution in [0.5, 0.6) is 0 Å². The predicted octanol–water partition coefficient (Wildman–Crippen LogP) is 3.60. The summed E-state index contributed by atoms with van der Waals surface area (Å²) in [5.41, 5.74) is 2.94. The lowest BCUT2D eigenvalue weighted by Gasteiger charge is -2.28. The third-order valence-electron chi connectivity index (χ3n) is 4.56. The van der Waals surface area contributed by atoms with Crippen LogP contribution in [0.15, 0.2) is 79.0 Å². The molecular formula is C23H24FN3O. The van der Waals surface area contributed by atoms with Crippen molar-refractivity contribution >= 4 is 5.91 Å². The van der Waals surface area contributed by atoms with E-state index in [-0.39, 0.29) is 24.3 Å². The minimum absolute atomic E-state index is 0.0542. The summed E-state index contributed by atoms with van der Waals surface area (Å²) in [5, 5.41) is 2.95. The van der Waals surface area contributed by atoms with Crippen molar-refractivity contribution in [3.05, 3.63) is 102 Å². The van der Waals surface area contributed by atoms with Crippen molar-refractivity contribution in [1.82, 2.24) is 15.2 Å². The van der Waals surface area contributed by atoms with Crippen LogP contribution in [-0.2, 0) is 11.2 Å². The Bertz CT molecular complexity index is 869. The topological polar surface area (TPSA) is 45.2 Å². The highest BCUT2D eigenvalue weighted by atomic mass is 19.1. The molecule has 0 aliphatic rings. The zero-order valence-electron chi connectivity index (χ0n) is 15.9. The van der Waals surface area contributed by atoms with Gasteiger partial charge in [-0.2, -0.15) is 0 Å². The van der Waals surface area contributed by atoms with E-state index in [1.165, 1.54) is 12.1 Å². The second kappa shape index (κ2) is 9.76. The largest absolute Gasteiger partial charge is 0.355 e. The summed E-state index contributed by atoms with van der Waals surface area (Å²) in [6, 6.07) is 22.0. The SMILES string of the molecule is CN(CC(=O)NCCc1ccccn1)C(c1ccccc1)c1ccc(F)cc1. The molecule has 0 saturated heterocycles. The first-order valence-electron chi connectivity index (χ1n) is 9.31. The minimum Gasteiger partial charge on any atom is -0.355 e. The van der Waals surface area contributed by atoms with E-state index in [4.69, 9.17) is 0 Å². The molecule has 0 spiro atoms. The van der Waals surface area contributed by atoms with Crippen molar-refractivity contribution in [3.8, 4) is 0 Å². The number of likely N-dealkylation sites (N-methyl/N-ethyl adjacent to an activating group) is 1. The molecule has 2 aromatic carbocycles. The fourth-order valence-electron chi connectivity index (χ4n) is 3.23. The number of carbonyl (C=O) groups is 1. The van der Waals surface area contributed by atoms with Gasteiger partial charge in [-0.3, -0.25) is 14.7 Å². The molecule has 4 nitrogen and oxygen atoms in total. The minimum atomic E-state index is -0.273. The van der Waals surface area contributed by atoms with Crippen molar-refractivity contribution in [2.75, 3.05) is 20.1 Å². The van der Waals surface area contributed by atoms with Crippen LogP contribution in [0.3, 0.4) is 0 Å². The second-order valence-corrected chi connectivity index (χ2v) is 6.70. The molecule has 0 bridgehead atoms. The van der Waals surface area contributed by atoms with Crippen LogP contribution < -0.4 is 5.32 Å². The van der Waals surface area contributed by atoms with Gasteiger partial charge in [-0.1, -0.05) is 48.5 Å². The van der Waals surface area contributed by atoms with E-state index < -0.39 is 0 Å². The molecular weight excluding hydrogens is 353 g/mol. The summed E-state index contributed by atoms with van der Waals surface area (Å²) >= 11 is 0. The van der Waals surface area contributed by atoms with E-state index in [9.17, 15) is 9.18 Å². The average molecular weight is 377 g/mol. The number of aromatic nitrogens is 1. The molecule has 1 unspecified atom stereocenters. The number of rotatable bonds is 8. The third kappa shape index (κ3) is 5.47. The van der Waals surface area contributed by atoms with E-state index in [1.54, 1.807) is 18.3 Å². The average Bonchev–Trinajstić information content (AvgIpc) is 2.71. The van der Waals surface area contributed by atoms with Gasteiger partial charge >= 0.3 is 0 Å². The van der Waals surface area contributed by atoms with Crippen molar-refractivity contribution in [2.24, 2.45) is 0 Å². The molecule has 0 radical (unpaired) electrons. The molecule has 1 heterocycles. The highest BCUT2D eigenvalue weighted by Gasteiger charge is 2.21. The summed E-state index contributed by atoms with van der Waals surface area (Å²) in [7, 11) is 1.90. The number of amides is 1. The lowest BCUT2D eigenvalue weighted by Crippen LogP contribution is -2.38. The van der Waals surface area contributed by atoms with Gasteiger partial charge in [-0.15, -0.1) is 0 Å². The zero-order chi connectivity index (χ0) is 19.8. The molecule has 1 aromatic heterocycles. The number of benzene rings is 2. The van der Waals surface area contributed by atoms with Crippen LogP contribution in [0, 0.1) is 5.82 Å². The first-order chi connectivity index (χ1) is 13.6. The highest BCUT2D eigenvalue weighted by Crippen LogP contribution is 2.27. The first kappa shape index (κ1) is 19.7. The maximum Gasteiger partial charge on any atom is 0.234 e. The predicted molar refractivity (Wildman–Crippen MR) is 108 cm³/mol. The molecule has 28 heavy (non-hydrogen) atoms. The molecule has 0 fully saturated rings. The van der Waals surface area contributed by atoms with E-state index >= 15 is 0 Å². The monoisotopic (exact) mass is 377 g/mol. The van der Waals surface area contributed by atoms with E-state index in [2.05, 4.69) is 10.3 Å². The summed E-state index contributed by atoms with van der Waals surface area (Å²) in [4.78, 5) is 18.7. The van der Waals surface area contributed by atoms with Gasteiger partial charge in [0.15, 0.2) is 0 Å². The van der Waals surface area contributed by atoms with Crippen LogP contribution in [0.25, 0.3) is 0 Å². The molecule has 1 N–H and O–H groups in total. The van der Waals surface area contributed by atoms with Crippen molar-refractivity contribution in [1.29, 1.82) is 0 Å². The van der Waals surface area contributed by atoms with Gasteiger partial charge in [0.25, 0.3) is 0 Å². The van der Waals surface area contributed by atoms with Gasteiger partial charge in [0, 0.05) is 24.9 Å². The molecule has 1 atom stereocenters. The lowest BCUT2D eigenvalue weighted by atomic mass is 9.97. The fraction of sp³-hybridized carbons (Fsp3) is 0.217. The van der Waals surface area contributed by atoms with Gasteiger partial charge in [0.2, 0.25) is 5.91 Å². The van der Waals surface area contributed by atoms with Gasteiger partial charge < -0.3 is 5.32 Å². The number of nitrogens with one attached hydrogen (secondary N) is 1. The number of nitrogens with zero attached hydrogens (tertiary/aromatic N) is 2. The number of hydrogen-bond donors (Lipinski definition) is 1. The quantitative estimate of drug-likeness (QED) is 0.652. The van der Waals surface area contributed by atoms with Crippen LogP contribution in [0.2, 0.25) is 0 Å². The van der Waals surface area contributed by atoms with E-state index in [0.29, 0.717) is 13.0 Å². The molecule has 3 rings (SSSR count). The molecule has 144 valence electrons. The number of pyridine rings is 1. The molecule has 0 saturated carbocycles. The molecule has 0 aliphatic heterocycles. The lowest BCUT2D eigenvalue weighted by molar-refractivity contribution is -0.122. The second-order valence-electron chi connectivity index (χ2n) is 6.70. The summed E-state index contributed by atoms with van der Waals surface area (Å²) in [6.45, 7) is 0.773. The Morgan fingerprint density at radius 2 is 1.68 bits per heavy atom. The normalized spacial score (nSPS) is 12.0. The smallest absolute Gasteiger partial charge is 0.234 e. The van der Waals surface area contributed by atoms with Gasteiger partial charge in [0.1, 0.15) is 5.82 Å². The Morgan fingerprint density at radius 3 is 2.36 bits per heavy atom. The summed E-state index contributed by atoms with van der Waals surface area (Å²) < 4.78 is 13.4. The standard InChI is InChI=1S/C23H24FN3O/c1-27(17-22(28)26-16-14-21-9-5-6-15-25-21)23(18-7-3-2-4-8-18)19-10-12-20(24)13-11-19/h2-13,15,23H,14,16-17H2,1H3,(H,26,28). The highest BCUT2D eigenvalue weighted by molar-refractivity contribution is 5.78. The van der Waals surface area contributed by atoms with Crippen LogP contribution in [-0.4, -0.2) is 35.9 Å². The van der Waals surface area contributed by atoms with Gasteiger partial charge in [-0.25, -0.2) is 4.39 Å². The van der Waals surface area contributed by atoms with Crippen LogP contribution in [0.1, 0.15) is 22.9 Å². The molecule has 1 amide bonds. The Hall–Kier alpha value is -3.05. The maximum atomic E-state index is 13.4. The molecule has 5 heteroatoms. The maximum absolute atomic E-state index is 13.4. The Balaban J connectivity index is 1.64. The molecule has 3 aromatic rings. The van der Waals surface area contributed by atoms with Crippen LogP contribution >= 0.6 is 0 Å². The molecule has 0 aliphatic carbocycles. The third-order valence-corrected chi connectivity index (χ3v) is 4.56. The van der Waals surface area contributed by atoms with Crippen molar-refractivity contribution in [2.45, 2.75) is 12.5 Å². The summed E-state index contributed by atoms with van der Waals surface area (Å²) in [5.74, 6) is -0.327. The van der Waals surface area contributed by atoms with Crippen molar-refractivity contribution in [3.63, 3.8) is 0 Å². The van der Waals surface area contributed by atoms with E-state index in [1.807, 2.05) is 60.5 Å². The number of hydrogen-bond acceptors (Lipinski definition) is 3. The summed E-state index contributed by atoms with van der Waals surface area (Å²) in [6.07, 6.45) is 2.44. The zero-order valence-corrected chi connectivity index (χ0v) is 15.9. The van der Waals surface area contributed by atoms with Gasteiger partial charge in [-0.05, 0) is 42.4 Å². The number of carbonyl (C=O) groups excluding carboxylic acids is 1. The van der Waals surface area contributed by atoms with Gasteiger partial charge in [0.05, 0.1) is 12.6 Å². The Kier molecular flexibility index (Phi) is 6.87. The number of halogens is 1.